The smallest absolute Gasteiger partial charge is 0.321 e. The molecule has 100 valence electrons. The van der Waals surface area contributed by atoms with Crippen LogP contribution < -0.4 is 17.2 Å². The normalized spacial score (nSPS) is 16.2. The Hall–Kier alpha value is -0.480. The van der Waals surface area contributed by atoms with Crippen molar-refractivity contribution < 1.29 is 19.8 Å². The standard InChI is InChI=1S/C8H17N3O4S2/c9-2-1-5(6(11)8(14)15)17-16-3-4(10)7(12)13/h4-6H,1-3,9-11H2,(H,12,13)(H,14,15)/t4-,5-,6-/m0/s1. The maximum absolute atomic E-state index is 10.7. The fourth-order valence-electron chi connectivity index (χ4n) is 0.882. The second kappa shape index (κ2) is 8.59. The van der Waals surface area contributed by atoms with Crippen LogP contribution in [0.3, 0.4) is 0 Å². The lowest BCUT2D eigenvalue weighted by Gasteiger charge is -2.19. The molecule has 9 heteroatoms. The zero-order valence-electron chi connectivity index (χ0n) is 9.11. The zero-order chi connectivity index (χ0) is 13.4. The first kappa shape index (κ1) is 16.5. The van der Waals surface area contributed by atoms with Crippen molar-refractivity contribution in [3.05, 3.63) is 0 Å². The lowest BCUT2D eigenvalue weighted by molar-refractivity contribution is -0.139. The summed E-state index contributed by atoms with van der Waals surface area (Å²) in [5.74, 6) is -2.00. The topological polar surface area (TPSA) is 153 Å². The minimum absolute atomic E-state index is 0.188. The summed E-state index contributed by atoms with van der Waals surface area (Å²) in [7, 11) is 2.41. The van der Waals surface area contributed by atoms with Gasteiger partial charge >= 0.3 is 11.9 Å². The number of carboxylic acids is 2. The van der Waals surface area contributed by atoms with Crippen molar-refractivity contribution in [2.45, 2.75) is 23.8 Å². The first-order chi connectivity index (χ1) is 7.90. The van der Waals surface area contributed by atoms with Gasteiger partial charge in [-0.3, -0.25) is 9.59 Å². The quantitative estimate of drug-likeness (QED) is 0.332. The van der Waals surface area contributed by atoms with Crippen LogP contribution in [-0.2, 0) is 9.59 Å². The number of rotatable bonds is 9. The maximum Gasteiger partial charge on any atom is 0.321 e. The van der Waals surface area contributed by atoms with Crippen LogP contribution in [0.2, 0.25) is 0 Å². The molecule has 0 saturated carbocycles. The molecule has 3 atom stereocenters. The third kappa shape index (κ3) is 6.74. The van der Waals surface area contributed by atoms with Gasteiger partial charge in [0.1, 0.15) is 12.1 Å². The largest absolute Gasteiger partial charge is 0.480 e. The van der Waals surface area contributed by atoms with Crippen LogP contribution in [0.25, 0.3) is 0 Å². The first-order valence-corrected chi connectivity index (χ1v) is 7.23. The van der Waals surface area contributed by atoms with Crippen molar-refractivity contribution in [3.63, 3.8) is 0 Å². The summed E-state index contributed by atoms with van der Waals surface area (Å²) in [5, 5.41) is 17.0. The van der Waals surface area contributed by atoms with E-state index >= 15 is 0 Å². The molecule has 0 radical (unpaired) electrons. The Morgan fingerprint density at radius 2 is 1.76 bits per heavy atom. The van der Waals surface area contributed by atoms with Gasteiger partial charge < -0.3 is 27.4 Å². The number of aliphatic carboxylic acids is 2. The summed E-state index contributed by atoms with van der Waals surface area (Å²) in [4.78, 5) is 21.2. The fourth-order valence-corrected chi connectivity index (χ4v) is 3.74. The van der Waals surface area contributed by atoms with Gasteiger partial charge in [0.25, 0.3) is 0 Å². The van der Waals surface area contributed by atoms with E-state index in [0.717, 1.165) is 0 Å². The van der Waals surface area contributed by atoms with Crippen molar-refractivity contribution in [1.82, 2.24) is 0 Å². The third-order valence-electron chi connectivity index (χ3n) is 1.89. The highest BCUT2D eigenvalue weighted by molar-refractivity contribution is 8.77. The molecule has 17 heavy (non-hydrogen) atoms. The molecule has 0 aliphatic heterocycles. The van der Waals surface area contributed by atoms with Gasteiger partial charge in [0.2, 0.25) is 0 Å². The van der Waals surface area contributed by atoms with Gasteiger partial charge in [0, 0.05) is 11.0 Å². The molecule has 0 fully saturated rings. The Bertz CT molecular complexity index is 267. The number of hydrogen-bond acceptors (Lipinski definition) is 7. The van der Waals surface area contributed by atoms with E-state index in [-0.39, 0.29) is 11.0 Å². The lowest BCUT2D eigenvalue weighted by Crippen LogP contribution is -2.41. The van der Waals surface area contributed by atoms with Crippen LogP contribution in [0.5, 0.6) is 0 Å². The summed E-state index contributed by atoms with van der Waals surface area (Å²) in [6, 6.07) is -1.98. The number of carbonyl (C=O) groups is 2. The highest BCUT2D eigenvalue weighted by atomic mass is 33.1. The van der Waals surface area contributed by atoms with Crippen LogP contribution >= 0.6 is 21.6 Å². The predicted octanol–water partition coefficient (Wildman–Crippen LogP) is -1.09. The average Bonchev–Trinajstić information content (AvgIpc) is 2.26. The van der Waals surface area contributed by atoms with Gasteiger partial charge in [-0.1, -0.05) is 21.6 Å². The van der Waals surface area contributed by atoms with Crippen molar-refractivity contribution in [3.8, 4) is 0 Å². The predicted molar refractivity (Wildman–Crippen MR) is 68.7 cm³/mol. The monoisotopic (exact) mass is 283 g/mol. The highest BCUT2D eigenvalue weighted by Gasteiger charge is 2.25. The third-order valence-corrected chi connectivity index (χ3v) is 4.86. The van der Waals surface area contributed by atoms with Crippen LogP contribution in [0, 0.1) is 0 Å². The van der Waals surface area contributed by atoms with Crippen LogP contribution in [0.4, 0.5) is 0 Å². The average molecular weight is 283 g/mol. The van der Waals surface area contributed by atoms with E-state index in [9.17, 15) is 9.59 Å². The second-order valence-electron chi connectivity index (χ2n) is 3.31. The van der Waals surface area contributed by atoms with Gasteiger partial charge in [-0.25, -0.2) is 0 Å². The van der Waals surface area contributed by atoms with Crippen molar-refractivity contribution in [1.29, 1.82) is 0 Å². The summed E-state index contributed by atoms with van der Waals surface area (Å²) < 4.78 is 0. The summed E-state index contributed by atoms with van der Waals surface area (Å²) >= 11 is 0. The summed E-state index contributed by atoms with van der Waals surface area (Å²) in [6.07, 6.45) is 0.452. The Morgan fingerprint density at radius 1 is 1.18 bits per heavy atom. The molecule has 0 bridgehead atoms. The van der Waals surface area contributed by atoms with Gasteiger partial charge in [-0.2, -0.15) is 0 Å². The number of hydrogen-bond donors (Lipinski definition) is 5. The van der Waals surface area contributed by atoms with E-state index in [1.807, 2.05) is 0 Å². The minimum Gasteiger partial charge on any atom is -0.480 e. The van der Waals surface area contributed by atoms with Crippen LogP contribution in [0.15, 0.2) is 0 Å². The molecule has 0 aromatic heterocycles. The van der Waals surface area contributed by atoms with E-state index in [1.165, 1.54) is 21.6 Å². The lowest BCUT2D eigenvalue weighted by atomic mass is 10.1. The van der Waals surface area contributed by atoms with Crippen molar-refractivity contribution >= 4 is 33.5 Å². The van der Waals surface area contributed by atoms with Gasteiger partial charge in [-0.15, -0.1) is 0 Å². The maximum atomic E-state index is 10.7. The molecule has 0 amide bonds. The van der Waals surface area contributed by atoms with E-state index in [2.05, 4.69) is 0 Å². The highest BCUT2D eigenvalue weighted by Crippen LogP contribution is 2.30. The Balaban J connectivity index is 4.09. The number of carboxylic acid groups (broad SMARTS) is 2. The zero-order valence-corrected chi connectivity index (χ0v) is 10.7. The van der Waals surface area contributed by atoms with E-state index in [1.54, 1.807) is 0 Å². The molecular weight excluding hydrogens is 266 g/mol. The first-order valence-electron chi connectivity index (χ1n) is 4.85. The Labute approximate surface area is 107 Å². The van der Waals surface area contributed by atoms with Crippen LogP contribution in [0.1, 0.15) is 6.42 Å². The molecule has 8 N–H and O–H groups in total. The molecule has 0 aromatic rings. The molecule has 7 nitrogen and oxygen atoms in total. The fraction of sp³-hybridized carbons (Fsp3) is 0.750. The molecule has 0 unspecified atom stereocenters. The molecule has 0 saturated heterocycles. The van der Waals surface area contributed by atoms with Gasteiger partial charge in [0.15, 0.2) is 0 Å². The molecule has 0 rings (SSSR count). The Kier molecular flexibility index (Phi) is 8.35. The summed E-state index contributed by atoms with van der Waals surface area (Å²) in [5.41, 5.74) is 16.2. The number of nitrogens with two attached hydrogens (primary N) is 3. The van der Waals surface area contributed by atoms with E-state index < -0.39 is 24.0 Å². The molecular formula is C8H17N3O4S2. The van der Waals surface area contributed by atoms with Crippen molar-refractivity contribution in [2.75, 3.05) is 12.3 Å². The summed E-state index contributed by atoms with van der Waals surface area (Å²) in [6.45, 7) is 0.324. The van der Waals surface area contributed by atoms with E-state index in [4.69, 9.17) is 27.4 Å². The van der Waals surface area contributed by atoms with Crippen LogP contribution in [-0.4, -0.2) is 51.8 Å². The van der Waals surface area contributed by atoms with Gasteiger partial charge in [0.05, 0.1) is 0 Å². The SMILES string of the molecule is NCC[C@H](SSC[C@H](N)C(=O)O)[C@H](N)C(=O)O. The molecule has 0 aliphatic carbocycles. The minimum atomic E-state index is -1.10. The van der Waals surface area contributed by atoms with Gasteiger partial charge in [-0.05, 0) is 13.0 Å². The molecule has 0 spiro atoms. The van der Waals surface area contributed by atoms with Crippen molar-refractivity contribution in [2.24, 2.45) is 17.2 Å². The Morgan fingerprint density at radius 3 is 2.18 bits per heavy atom. The van der Waals surface area contributed by atoms with E-state index in [0.29, 0.717) is 13.0 Å². The molecule has 0 aliphatic rings. The molecule has 0 aromatic carbocycles. The second-order valence-corrected chi connectivity index (χ2v) is 5.96. The molecule has 0 heterocycles.